The molecule has 2 aliphatic heterocycles. The van der Waals surface area contributed by atoms with E-state index in [1.54, 1.807) is 0 Å². The number of fused-ring (bicyclic) bond motifs is 7. The van der Waals surface area contributed by atoms with Crippen molar-refractivity contribution < 1.29 is 4.74 Å². The highest BCUT2D eigenvalue weighted by molar-refractivity contribution is 8.28. The molecule has 0 fully saturated rings. The molecule has 1 aromatic heterocycles. The first-order valence-corrected chi connectivity index (χ1v) is 25.2. The van der Waals surface area contributed by atoms with Crippen LogP contribution >= 0.6 is 11.6 Å². The van der Waals surface area contributed by atoms with Crippen LogP contribution in [0.2, 0.25) is 0 Å². The first-order valence-electron chi connectivity index (χ1n) is 22.3. The number of ether oxygens (including phenoxy) is 1. The summed E-state index contributed by atoms with van der Waals surface area (Å²) in [6.07, 6.45) is 0. The summed E-state index contributed by atoms with van der Waals surface area (Å²) in [5, 5.41) is 7.98. The lowest BCUT2D eigenvalue weighted by Crippen LogP contribution is -2.74. The Hall–Kier alpha value is -7.57. The fraction of sp³-hybridized carbons (Fsp3) is 0. The molecule has 0 amide bonds. The molecule has 11 aromatic rings. The van der Waals surface area contributed by atoms with Crippen molar-refractivity contribution in [3.8, 4) is 50.6 Å². The molecule has 2 nitrogen and oxygen atoms in total. The number of rotatable bonds is 7. The molecule has 0 N–H and O–H groups in total. The minimum absolute atomic E-state index is 0.0752. The number of nitrogens with zero attached hydrogens (tertiary/aromatic N) is 1. The third-order valence-electron chi connectivity index (χ3n) is 13.6. The van der Waals surface area contributed by atoms with Crippen molar-refractivity contribution in [1.29, 1.82) is 0 Å². The molecule has 0 saturated heterocycles. The van der Waals surface area contributed by atoms with Gasteiger partial charge in [0.2, 0.25) is 0 Å². The minimum Gasteiger partial charge on any atom is -0.458 e. The lowest BCUT2D eigenvalue weighted by atomic mass is 9.57. The Morgan fingerprint density at radius 1 is 0.385 bits per heavy atom. The molecule has 0 saturated carbocycles. The largest absolute Gasteiger partial charge is 0.458 e. The van der Waals surface area contributed by atoms with E-state index in [0.717, 1.165) is 28.3 Å². The summed E-state index contributed by atoms with van der Waals surface area (Å²) in [6, 6.07) is 89.6. The zero-order valence-corrected chi connectivity index (χ0v) is 37.3. The van der Waals surface area contributed by atoms with Crippen molar-refractivity contribution in [2.45, 2.75) is 4.90 Å². The van der Waals surface area contributed by atoms with E-state index in [-0.39, 0.29) is 5.99 Å². The first kappa shape index (κ1) is 37.9. The van der Waals surface area contributed by atoms with Crippen LogP contribution in [0.5, 0.6) is 11.5 Å². The SMILES string of the molecule is c1ccc([Si](c2ccccc2)(c2ccccc2)c2cccc(-c3ccc4c(c3)B3Sc5ccccc5-c5cc(-c6cccc(-n7c8ccccc8c8ccccc87)c6)cc(c53)O4)c2)cc1. The summed E-state index contributed by atoms with van der Waals surface area (Å²) in [6.45, 7) is 0. The van der Waals surface area contributed by atoms with Crippen molar-refractivity contribution in [2.24, 2.45) is 0 Å². The second-order valence-electron chi connectivity index (χ2n) is 17.1. The molecule has 0 bridgehead atoms. The Bertz CT molecular complexity index is 3480. The third-order valence-corrected chi connectivity index (χ3v) is 19.7. The van der Waals surface area contributed by atoms with E-state index < -0.39 is 8.07 Å². The van der Waals surface area contributed by atoms with Crippen LogP contribution in [0.15, 0.2) is 248 Å². The molecule has 2 aliphatic rings. The number of aromatic nitrogens is 1. The molecule has 65 heavy (non-hydrogen) atoms. The van der Waals surface area contributed by atoms with Gasteiger partial charge in [0.1, 0.15) is 11.5 Å². The van der Waals surface area contributed by atoms with Crippen LogP contribution in [-0.2, 0) is 0 Å². The van der Waals surface area contributed by atoms with E-state index in [0.29, 0.717) is 0 Å². The van der Waals surface area contributed by atoms with Crippen LogP contribution in [0.25, 0.3) is 60.9 Å². The summed E-state index contributed by atoms with van der Waals surface area (Å²) in [5.41, 5.74) is 13.2. The molecule has 0 atom stereocenters. The Labute approximate surface area is 384 Å². The number of hydrogen-bond donors (Lipinski definition) is 0. The van der Waals surface area contributed by atoms with E-state index in [9.17, 15) is 0 Å². The minimum atomic E-state index is -2.71. The van der Waals surface area contributed by atoms with Gasteiger partial charge in [-0.1, -0.05) is 194 Å². The number of para-hydroxylation sites is 2. The second-order valence-corrected chi connectivity index (χ2v) is 22.1. The van der Waals surface area contributed by atoms with Gasteiger partial charge >= 0.3 is 0 Å². The van der Waals surface area contributed by atoms with Crippen molar-refractivity contribution in [1.82, 2.24) is 4.57 Å². The average Bonchev–Trinajstić information content (AvgIpc) is 3.72. The van der Waals surface area contributed by atoms with Gasteiger partial charge in [0.25, 0.3) is 5.99 Å². The second kappa shape index (κ2) is 15.3. The van der Waals surface area contributed by atoms with Gasteiger partial charge in [-0.25, -0.2) is 0 Å². The maximum atomic E-state index is 7.05. The Morgan fingerprint density at radius 3 is 1.62 bits per heavy atom. The van der Waals surface area contributed by atoms with Crippen LogP contribution in [0.3, 0.4) is 0 Å². The first-order chi connectivity index (χ1) is 32.2. The smallest absolute Gasteiger partial charge is 0.289 e. The molecular weight excluding hydrogens is 822 g/mol. The van der Waals surface area contributed by atoms with E-state index in [2.05, 4.69) is 247 Å². The molecular formula is C60H40BNOSSi. The number of benzene rings is 10. The summed E-state index contributed by atoms with van der Waals surface area (Å²) in [4.78, 5) is 1.29. The van der Waals surface area contributed by atoms with Crippen LogP contribution in [0, 0.1) is 0 Å². The zero-order valence-electron chi connectivity index (χ0n) is 35.4. The standard InChI is InChI=1S/C60H40BNOSSi/c1-4-21-46(22-5-1)65(47-23-6-2-7-24-47,48-25-8-3-9-26-48)49-27-17-19-42(37-49)43-34-35-57-54(39-43)61-60-53(52-30-12-15-33-59(52)64-61)38-44(40-58(60)63-57)41-18-16-20-45(36-41)62-55-31-13-10-28-50(55)51-29-11-14-32-56(51)62/h1-40H. The van der Waals surface area contributed by atoms with Gasteiger partial charge < -0.3 is 9.30 Å². The molecule has 0 radical (unpaired) electrons. The van der Waals surface area contributed by atoms with E-state index >= 15 is 0 Å². The normalized spacial score (nSPS) is 12.6. The highest BCUT2D eigenvalue weighted by Crippen LogP contribution is 2.45. The molecule has 10 aromatic carbocycles. The van der Waals surface area contributed by atoms with E-state index in [4.69, 9.17) is 4.74 Å². The predicted molar refractivity (Wildman–Crippen MR) is 278 cm³/mol. The predicted octanol–water partition coefficient (Wildman–Crippen LogP) is 11.5. The van der Waals surface area contributed by atoms with Crippen molar-refractivity contribution in [3.63, 3.8) is 0 Å². The molecule has 3 heterocycles. The molecule has 0 aliphatic carbocycles. The summed E-state index contributed by atoms with van der Waals surface area (Å²) in [7, 11) is -2.71. The van der Waals surface area contributed by atoms with Crippen LogP contribution in [-0.4, -0.2) is 18.6 Å². The van der Waals surface area contributed by atoms with Gasteiger partial charge in [-0.2, -0.15) is 11.6 Å². The van der Waals surface area contributed by atoms with Gasteiger partial charge in [0.05, 0.1) is 11.0 Å². The zero-order chi connectivity index (χ0) is 42.9. The van der Waals surface area contributed by atoms with E-state index in [1.807, 2.05) is 11.6 Å². The molecule has 5 heteroatoms. The van der Waals surface area contributed by atoms with Crippen LogP contribution < -0.4 is 36.4 Å². The van der Waals surface area contributed by atoms with Crippen molar-refractivity contribution in [3.05, 3.63) is 243 Å². The van der Waals surface area contributed by atoms with Crippen molar-refractivity contribution >= 4 is 79.2 Å². The molecule has 304 valence electrons. The van der Waals surface area contributed by atoms with Crippen molar-refractivity contribution in [2.75, 3.05) is 0 Å². The highest BCUT2D eigenvalue weighted by Gasteiger charge is 2.42. The lowest BCUT2D eigenvalue weighted by Gasteiger charge is -2.35. The maximum absolute atomic E-state index is 7.05. The highest BCUT2D eigenvalue weighted by atomic mass is 32.2. The Balaban J connectivity index is 0.934. The monoisotopic (exact) mass is 861 g/mol. The summed E-state index contributed by atoms with van der Waals surface area (Å²) >= 11 is 1.94. The summed E-state index contributed by atoms with van der Waals surface area (Å²) < 4.78 is 9.44. The van der Waals surface area contributed by atoms with Crippen LogP contribution in [0.4, 0.5) is 0 Å². The third kappa shape index (κ3) is 6.04. The van der Waals surface area contributed by atoms with Gasteiger partial charge in [0.15, 0.2) is 8.07 Å². The number of hydrogen-bond acceptors (Lipinski definition) is 2. The van der Waals surface area contributed by atoms with Gasteiger partial charge in [0, 0.05) is 21.4 Å². The molecule has 0 spiro atoms. The summed E-state index contributed by atoms with van der Waals surface area (Å²) in [5.74, 6) is 1.92. The molecule has 13 rings (SSSR count). The van der Waals surface area contributed by atoms with Gasteiger partial charge in [-0.05, 0) is 114 Å². The fourth-order valence-corrected chi connectivity index (χ4v) is 16.9. The lowest BCUT2D eigenvalue weighted by molar-refractivity contribution is 0.488. The Kier molecular flexibility index (Phi) is 8.93. The van der Waals surface area contributed by atoms with Gasteiger partial charge in [-0.15, -0.1) is 0 Å². The Morgan fingerprint density at radius 2 is 0.938 bits per heavy atom. The van der Waals surface area contributed by atoms with E-state index in [1.165, 1.54) is 80.6 Å². The quantitative estimate of drug-likeness (QED) is 0.117. The van der Waals surface area contributed by atoms with Gasteiger partial charge in [-0.3, -0.25) is 0 Å². The molecule has 0 unspecified atom stereocenters. The average molecular weight is 862 g/mol. The topological polar surface area (TPSA) is 14.2 Å². The fourth-order valence-electron chi connectivity index (χ4n) is 10.7. The van der Waals surface area contributed by atoms with Crippen LogP contribution in [0.1, 0.15) is 0 Å². The maximum Gasteiger partial charge on any atom is 0.289 e.